The summed E-state index contributed by atoms with van der Waals surface area (Å²) in [7, 11) is -4.66. The van der Waals surface area contributed by atoms with Crippen molar-refractivity contribution in [3.63, 3.8) is 0 Å². The van der Waals surface area contributed by atoms with Gasteiger partial charge in [-0.15, -0.1) is 0 Å². The van der Waals surface area contributed by atoms with Gasteiger partial charge in [-0.25, -0.2) is 0 Å². The van der Waals surface area contributed by atoms with E-state index in [2.05, 4.69) is 0 Å². The molecule has 0 aromatic carbocycles. The van der Waals surface area contributed by atoms with E-state index in [1.165, 1.54) is 13.8 Å². The molecule has 0 unspecified atom stereocenters. The molecule has 2 aliphatic heterocycles. The van der Waals surface area contributed by atoms with Gasteiger partial charge in [0.2, 0.25) is 0 Å². The fourth-order valence-electron chi connectivity index (χ4n) is 2.55. The number of alkyl halides is 2. The molecule has 0 saturated carbocycles. The molecule has 0 spiro atoms. The van der Waals surface area contributed by atoms with E-state index in [1.54, 1.807) is 13.8 Å². The molecule has 2 fully saturated rings. The summed E-state index contributed by atoms with van der Waals surface area (Å²) in [5.74, 6) is -0.978. The Bertz CT molecular complexity index is 420. The van der Waals surface area contributed by atoms with Crippen LogP contribution in [0.4, 0.5) is 8.78 Å². The zero-order valence-electron chi connectivity index (χ0n) is 12.5. The minimum Gasteiger partial charge on any atom is -0.366 e. The average molecular weight is 330 g/mol. The maximum Gasteiger partial charge on any atom is 0.402 e. The van der Waals surface area contributed by atoms with Gasteiger partial charge in [-0.05, 0) is 27.7 Å². The summed E-state index contributed by atoms with van der Waals surface area (Å²) >= 11 is 0. The van der Waals surface area contributed by atoms with Crippen molar-refractivity contribution in [1.82, 2.24) is 0 Å². The van der Waals surface area contributed by atoms with Crippen LogP contribution in [0.15, 0.2) is 0 Å². The fraction of sp³-hybridized carbons (Fsp3) is 1.00. The van der Waals surface area contributed by atoms with Gasteiger partial charge in [0.15, 0.2) is 11.9 Å². The predicted molar refractivity (Wildman–Crippen MR) is 69.4 cm³/mol. The Morgan fingerprint density at radius 1 is 1.24 bits per heavy atom. The number of ether oxygens (including phenoxy) is 3. The summed E-state index contributed by atoms with van der Waals surface area (Å²) in [6, 6.07) is 0. The van der Waals surface area contributed by atoms with Crippen molar-refractivity contribution in [2.24, 2.45) is 0 Å². The Balaban J connectivity index is 2.24. The van der Waals surface area contributed by atoms with Crippen LogP contribution in [0.1, 0.15) is 27.7 Å². The van der Waals surface area contributed by atoms with E-state index in [-0.39, 0.29) is 19.8 Å². The van der Waals surface area contributed by atoms with Crippen LogP contribution in [-0.2, 0) is 27.8 Å². The van der Waals surface area contributed by atoms with Crippen LogP contribution in [-0.4, -0.2) is 49.6 Å². The first-order chi connectivity index (χ1) is 9.67. The lowest BCUT2D eigenvalue weighted by Crippen LogP contribution is -2.44. The van der Waals surface area contributed by atoms with Crippen molar-refractivity contribution in [3.05, 3.63) is 0 Å². The third-order valence-electron chi connectivity index (χ3n) is 3.27. The summed E-state index contributed by atoms with van der Waals surface area (Å²) in [4.78, 5) is 0. The van der Waals surface area contributed by atoms with Crippen molar-refractivity contribution < 1.29 is 36.6 Å². The van der Waals surface area contributed by atoms with E-state index in [9.17, 15) is 13.3 Å². The molecule has 0 aromatic rings. The van der Waals surface area contributed by atoms with E-state index < -0.39 is 37.4 Å². The second-order valence-corrected chi connectivity index (χ2v) is 7.42. The molecule has 21 heavy (non-hydrogen) atoms. The largest absolute Gasteiger partial charge is 0.402 e. The smallest absolute Gasteiger partial charge is 0.366 e. The zero-order chi connectivity index (χ0) is 15.9. The molecule has 2 saturated heterocycles. The van der Waals surface area contributed by atoms with E-state index in [0.29, 0.717) is 0 Å². The molecule has 0 N–H and O–H groups in total. The standard InChI is InChI=1S/C12H21F2O6P/c1-5-17-21(15,18-6-2)12(13,14)10-9-8(7-16-10)19-11(3,4)20-9/h8-10H,5-7H2,1-4H3/t8-,9-,10-/m1/s1. The molecule has 2 rings (SSSR count). The number of hydrogen-bond acceptors (Lipinski definition) is 6. The first-order valence-corrected chi connectivity index (χ1v) is 8.45. The van der Waals surface area contributed by atoms with Gasteiger partial charge in [0.1, 0.15) is 12.2 Å². The summed E-state index contributed by atoms with van der Waals surface area (Å²) < 4.78 is 67.3. The average Bonchev–Trinajstić information content (AvgIpc) is 2.84. The first kappa shape index (κ1) is 17.2. The van der Waals surface area contributed by atoms with Crippen LogP contribution in [0.25, 0.3) is 0 Å². The van der Waals surface area contributed by atoms with Crippen LogP contribution in [0, 0.1) is 0 Å². The Morgan fingerprint density at radius 2 is 1.81 bits per heavy atom. The SMILES string of the molecule is CCOP(=O)(OCC)C(F)(F)[C@@H]1OC[C@H]2OC(C)(C)O[C@@H]12. The number of rotatable bonds is 6. The number of halogens is 2. The van der Waals surface area contributed by atoms with Gasteiger partial charge in [-0.2, -0.15) is 8.78 Å². The van der Waals surface area contributed by atoms with Gasteiger partial charge in [0.25, 0.3) is 0 Å². The van der Waals surface area contributed by atoms with E-state index >= 15 is 0 Å². The molecule has 0 radical (unpaired) electrons. The Morgan fingerprint density at radius 3 is 2.33 bits per heavy atom. The lowest BCUT2D eigenvalue weighted by atomic mass is 10.1. The normalized spacial score (nSPS) is 32.4. The van der Waals surface area contributed by atoms with Crippen molar-refractivity contribution in [2.45, 2.75) is 57.5 Å². The third-order valence-corrected chi connectivity index (χ3v) is 5.45. The topological polar surface area (TPSA) is 63.2 Å². The molecule has 0 aromatic heterocycles. The molecule has 2 aliphatic rings. The van der Waals surface area contributed by atoms with Gasteiger partial charge in [0, 0.05) is 0 Å². The van der Waals surface area contributed by atoms with Gasteiger partial charge < -0.3 is 23.3 Å². The molecule has 6 nitrogen and oxygen atoms in total. The molecular formula is C12H21F2O6P. The highest BCUT2D eigenvalue weighted by Gasteiger charge is 2.67. The van der Waals surface area contributed by atoms with E-state index in [4.69, 9.17) is 23.3 Å². The summed E-state index contributed by atoms with van der Waals surface area (Å²) in [5, 5.41) is 0. The minimum atomic E-state index is -4.66. The van der Waals surface area contributed by atoms with E-state index in [0.717, 1.165) is 0 Å². The first-order valence-electron chi connectivity index (χ1n) is 6.91. The third kappa shape index (κ3) is 3.02. The van der Waals surface area contributed by atoms with Crippen molar-refractivity contribution in [2.75, 3.05) is 19.8 Å². The molecule has 0 amide bonds. The Labute approximate surface area is 122 Å². The summed E-state index contributed by atoms with van der Waals surface area (Å²) in [6.07, 6.45) is -3.36. The molecule has 9 heteroatoms. The number of fused-ring (bicyclic) bond motifs is 1. The van der Waals surface area contributed by atoms with Crippen molar-refractivity contribution in [1.29, 1.82) is 0 Å². The van der Waals surface area contributed by atoms with Crippen LogP contribution in [0.3, 0.4) is 0 Å². The number of hydrogen-bond donors (Lipinski definition) is 0. The zero-order valence-corrected chi connectivity index (χ0v) is 13.4. The Hall–Kier alpha value is -0.110. The van der Waals surface area contributed by atoms with Crippen LogP contribution >= 0.6 is 7.60 Å². The fourth-order valence-corrected chi connectivity index (χ4v) is 4.18. The van der Waals surface area contributed by atoms with Gasteiger partial charge in [-0.3, -0.25) is 4.57 Å². The van der Waals surface area contributed by atoms with E-state index in [1.807, 2.05) is 0 Å². The second-order valence-electron chi connectivity index (χ2n) is 5.31. The maximum absolute atomic E-state index is 14.7. The van der Waals surface area contributed by atoms with Crippen LogP contribution in [0.5, 0.6) is 0 Å². The monoisotopic (exact) mass is 330 g/mol. The highest BCUT2D eigenvalue weighted by atomic mass is 31.2. The molecule has 0 bridgehead atoms. The van der Waals surface area contributed by atoms with Crippen LogP contribution < -0.4 is 0 Å². The summed E-state index contributed by atoms with van der Waals surface area (Å²) in [6.45, 7) is 5.84. The maximum atomic E-state index is 14.7. The van der Waals surface area contributed by atoms with Crippen LogP contribution in [0.2, 0.25) is 0 Å². The van der Waals surface area contributed by atoms with Gasteiger partial charge in [-0.1, -0.05) is 0 Å². The lowest BCUT2D eigenvalue weighted by Gasteiger charge is -2.32. The van der Waals surface area contributed by atoms with Gasteiger partial charge >= 0.3 is 13.3 Å². The van der Waals surface area contributed by atoms with Gasteiger partial charge in [0.05, 0.1) is 19.8 Å². The van der Waals surface area contributed by atoms with Crippen molar-refractivity contribution in [3.8, 4) is 0 Å². The Kier molecular flexibility index (Phi) is 4.79. The molecule has 0 aliphatic carbocycles. The molecular weight excluding hydrogens is 309 g/mol. The quantitative estimate of drug-likeness (QED) is 0.698. The summed E-state index contributed by atoms with van der Waals surface area (Å²) in [5.41, 5.74) is -3.82. The predicted octanol–water partition coefficient (Wildman–Crippen LogP) is 2.76. The minimum absolute atomic E-state index is 0.0490. The highest BCUT2D eigenvalue weighted by molar-refractivity contribution is 7.55. The molecule has 2 heterocycles. The lowest BCUT2D eigenvalue weighted by molar-refractivity contribution is -0.195. The molecule has 124 valence electrons. The van der Waals surface area contributed by atoms with Crippen molar-refractivity contribution >= 4 is 7.60 Å². The second kappa shape index (κ2) is 5.83. The molecule has 3 atom stereocenters. The highest BCUT2D eigenvalue weighted by Crippen LogP contribution is 2.65.